The second-order valence-corrected chi connectivity index (χ2v) is 2.48. The minimum absolute atomic E-state index is 0.242. The number of pyridine rings is 1. The Morgan fingerprint density at radius 1 is 1.54 bits per heavy atom. The monoisotopic (exact) mass is 179 g/mol. The molecule has 2 amide bonds. The maximum Gasteiger partial charge on any atom is 0.248 e. The van der Waals surface area contributed by atoms with Crippen LogP contribution in [0.1, 0.15) is 17.3 Å². The van der Waals surface area contributed by atoms with Gasteiger partial charge < -0.3 is 11.1 Å². The predicted molar refractivity (Wildman–Crippen MR) is 47.1 cm³/mol. The normalized spacial score (nSPS) is 9.31. The first-order valence-electron chi connectivity index (χ1n) is 3.63. The first-order chi connectivity index (χ1) is 6.09. The lowest BCUT2D eigenvalue weighted by atomic mass is 10.2. The van der Waals surface area contributed by atoms with Crippen molar-refractivity contribution >= 4 is 17.6 Å². The fraction of sp³-hybridized carbons (Fsp3) is 0.125. The van der Waals surface area contributed by atoms with Gasteiger partial charge in [-0.1, -0.05) is 0 Å². The van der Waals surface area contributed by atoms with Crippen LogP contribution in [0.15, 0.2) is 18.3 Å². The Morgan fingerprint density at radius 3 is 2.77 bits per heavy atom. The van der Waals surface area contributed by atoms with E-state index < -0.39 is 5.91 Å². The molecule has 1 rings (SSSR count). The van der Waals surface area contributed by atoms with Crippen LogP contribution in [0.2, 0.25) is 0 Å². The third-order valence-electron chi connectivity index (χ3n) is 1.35. The minimum Gasteiger partial charge on any atom is -0.366 e. The largest absolute Gasteiger partial charge is 0.366 e. The van der Waals surface area contributed by atoms with Gasteiger partial charge in [0.15, 0.2) is 0 Å². The van der Waals surface area contributed by atoms with Crippen molar-refractivity contribution in [2.75, 3.05) is 5.32 Å². The highest BCUT2D eigenvalue weighted by Crippen LogP contribution is 2.05. The summed E-state index contributed by atoms with van der Waals surface area (Å²) in [5.74, 6) is -0.466. The van der Waals surface area contributed by atoms with Gasteiger partial charge in [-0.3, -0.25) is 9.59 Å². The van der Waals surface area contributed by atoms with Gasteiger partial charge in [-0.15, -0.1) is 0 Å². The summed E-state index contributed by atoms with van der Waals surface area (Å²) in [5.41, 5.74) is 5.35. The molecule has 0 aliphatic heterocycles. The highest BCUT2D eigenvalue weighted by atomic mass is 16.1. The van der Waals surface area contributed by atoms with Crippen molar-refractivity contribution in [1.29, 1.82) is 0 Å². The molecule has 1 aromatic heterocycles. The lowest BCUT2D eigenvalue weighted by molar-refractivity contribution is -0.114. The Balaban J connectivity index is 2.91. The van der Waals surface area contributed by atoms with Crippen LogP contribution in [0.5, 0.6) is 0 Å². The lowest BCUT2D eigenvalue weighted by Crippen LogP contribution is -2.13. The minimum atomic E-state index is -0.547. The summed E-state index contributed by atoms with van der Waals surface area (Å²) in [5, 5.41) is 2.44. The summed E-state index contributed by atoms with van der Waals surface area (Å²) in [6.45, 7) is 1.36. The molecule has 0 aliphatic rings. The lowest BCUT2D eigenvalue weighted by Gasteiger charge is -2.01. The number of hydrogen-bond acceptors (Lipinski definition) is 3. The fourth-order valence-corrected chi connectivity index (χ4v) is 0.833. The Kier molecular flexibility index (Phi) is 2.59. The topological polar surface area (TPSA) is 85.1 Å². The van der Waals surface area contributed by atoms with E-state index in [1.807, 2.05) is 0 Å². The number of nitrogens with zero attached hydrogens (tertiary/aromatic N) is 1. The standard InChI is InChI=1S/C8H9N3O2/c1-5(12)11-7-4-6(8(9)13)2-3-10-7/h2-4H,1H3,(H2,9,13)(H,10,11,12). The smallest absolute Gasteiger partial charge is 0.248 e. The van der Waals surface area contributed by atoms with Gasteiger partial charge in [-0.2, -0.15) is 0 Å². The maximum atomic E-state index is 10.7. The summed E-state index contributed by atoms with van der Waals surface area (Å²) in [6, 6.07) is 2.90. The number of carbonyl (C=O) groups is 2. The zero-order valence-corrected chi connectivity index (χ0v) is 7.07. The Morgan fingerprint density at radius 2 is 2.23 bits per heavy atom. The molecule has 0 aliphatic carbocycles. The van der Waals surface area contributed by atoms with Gasteiger partial charge >= 0.3 is 0 Å². The second-order valence-electron chi connectivity index (χ2n) is 2.48. The van der Waals surface area contributed by atoms with Crippen molar-refractivity contribution < 1.29 is 9.59 Å². The third-order valence-corrected chi connectivity index (χ3v) is 1.35. The SMILES string of the molecule is CC(=O)Nc1cc(C(N)=O)ccn1. The van der Waals surface area contributed by atoms with E-state index in [9.17, 15) is 9.59 Å². The van der Waals surface area contributed by atoms with Crippen LogP contribution in [0, 0.1) is 0 Å². The molecule has 0 atom stereocenters. The summed E-state index contributed by atoms with van der Waals surface area (Å²) >= 11 is 0. The molecule has 0 saturated heterocycles. The average molecular weight is 179 g/mol. The number of amides is 2. The van der Waals surface area contributed by atoms with Crippen molar-refractivity contribution in [2.45, 2.75) is 6.92 Å². The molecule has 0 bridgehead atoms. The molecular weight excluding hydrogens is 170 g/mol. The van der Waals surface area contributed by atoms with Gasteiger partial charge in [0.1, 0.15) is 5.82 Å². The summed E-state index contributed by atoms with van der Waals surface area (Å²) < 4.78 is 0. The molecule has 1 heterocycles. The molecule has 3 N–H and O–H groups in total. The van der Waals surface area contributed by atoms with E-state index >= 15 is 0 Å². The predicted octanol–water partition coefficient (Wildman–Crippen LogP) is 0.139. The van der Waals surface area contributed by atoms with E-state index in [1.165, 1.54) is 25.3 Å². The second kappa shape index (κ2) is 3.66. The van der Waals surface area contributed by atoms with E-state index in [1.54, 1.807) is 0 Å². The van der Waals surface area contributed by atoms with Crippen LogP contribution in [0.4, 0.5) is 5.82 Å². The molecule has 5 nitrogen and oxygen atoms in total. The molecular formula is C8H9N3O2. The highest BCUT2D eigenvalue weighted by Gasteiger charge is 2.02. The number of nitrogens with two attached hydrogens (primary N) is 1. The van der Waals surface area contributed by atoms with Crippen LogP contribution in [0.25, 0.3) is 0 Å². The molecule has 0 radical (unpaired) electrons. The van der Waals surface area contributed by atoms with Crippen LogP contribution >= 0.6 is 0 Å². The van der Waals surface area contributed by atoms with Crippen LogP contribution in [-0.4, -0.2) is 16.8 Å². The molecule has 0 unspecified atom stereocenters. The first kappa shape index (κ1) is 9.18. The van der Waals surface area contributed by atoms with Crippen LogP contribution in [0.3, 0.4) is 0 Å². The van der Waals surface area contributed by atoms with Gasteiger partial charge in [-0.05, 0) is 12.1 Å². The van der Waals surface area contributed by atoms with Gasteiger partial charge in [0.2, 0.25) is 11.8 Å². The molecule has 68 valence electrons. The molecule has 0 aromatic carbocycles. The molecule has 1 aromatic rings. The molecule has 13 heavy (non-hydrogen) atoms. The molecule has 0 saturated carbocycles. The number of primary amides is 1. The van der Waals surface area contributed by atoms with Crippen molar-refractivity contribution in [3.8, 4) is 0 Å². The highest BCUT2D eigenvalue weighted by molar-refractivity contribution is 5.94. The summed E-state index contributed by atoms with van der Waals surface area (Å²) in [6.07, 6.45) is 1.41. The summed E-state index contributed by atoms with van der Waals surface area (Å²) in [7, 11) is 0. The average Bonchev–Trinajstić information content (AvgIpc) is 2.03. The van der Waals surface area contributed by atoms with E-state index in [4.69, 9.17) is 5.73 Å². The van der Waals surface area contributed by atoms with Gasteiger partial charge in [0, 0.05) is 18.7 Å². The number of aromatic nitrogens is 1. The Labute approximate surface area is 75.0 Å². The van der Waals surface area contributed by atoms with Crippen molar-refractivity contribution in [3.05, 3.63) is 23.9 Å². The van der Waals surface area contributed by atoms with Crippen LogP contribution in [-0.2, 0) is 4.79 Å². The summed E-state index contributed by atoms with van der Waals surface area (Å²) in [4.78, 5) is 25.2. The number of nitrogens with one attached hydrogen (secondary N) is 1. The zero-order valence-electron chi connectivity index (χ0n) is 7.07. The van der Waals surface area contributed by atoms with Gasteiger partial charge in [0.25, 0.3) is 0 Å². The number of carbonyl (C=O) groups excluding carboxylic acids is 2. The fourth-order valence-electron chi connectivity index (χ4n) is 0.833. The number of hydrogen-bond donors (Lipinski definition) is 2. The molecule has 5 heteroatoms. The van der Waals surface area contributed by atoms with Gasteiger partial charge in [-0.25, -0.2) is 4.98 Å². The quantitative estimate of drug-likeness (QED) is 0.677. The van der Waals surface area contributed by atoms with Gasteiger partial charge in [0.05, 0.1) is 0 Å². The number of rotatable bonds is 2. The van der Waals surface area contributed by atoms with Crippen LogP contribution < -0.4 is 11.1 Å². The van der Waals surface area contributed by atoms with E-state index in [0.29, 0.717) is 11.4 Å². The van der Waals surface area contributed by atoms with Crippen molar-refractivity contribution in [2.24, 2.45) is 5.73 Å². The van der Waals surface area contributed by atoms with Crippen molar-refractivity contribution in [1.82, 2.24) is 4.98 Å². The zero-order chi connectivity index (χ0) is 9.84. The maximum absolute atomic E-state index is 10.7. The Bertz CT molecular complexity index is 349. The van der Waals surface area contributed by atoms with E-state index in [0.717, 1.165) is 0 Å². The number of anilines is 1. The third kappa shape index (κ3) is 2.55. The molecule has 0 spiro atoms. The van der Waals surface area contributed by atoms with E-state index in [-0.39, 0.29) is 5.91 Å². The first-order valence-corrected chi connectivity index (χ1v) is 3.63. The van der Waals surface area contributed by atoms with E-state index in [2.05, 4.69) is 10.3 Å². The molecule has 0 fully saturated rings. The Hall–Kier alpha value is -1.91. The van der Waals surface area contributed by atoms with Crippen molar-refractivity contribution in [3.63, 3.8) is 0 Å².